The van der Waals surface area contributed by atoms with Gasteiger partial charge in [-0.1, -0.05) is 12.1 Å². The highest BCUT2D eigenvalue weighted by Crippen LogP contribution is 2.30. The molecule has 1 aromatic carbocycles. The van der Waals surface area contributed by atoms with Gasteiger partial charge < -0.3 is 25.2 Å². The van der Waals surface area contributed by atoms with E-state index in [4.69, 9.17) is 9.84 Å². The molecule has 0 aliphatic heterocycles. The summed E-state index contributed by atoms with van der Waals surface area (Å²) >= 11 is 0. The van der Waals surface area contributed by atoms with Crippen molar-refractivity contribution >= 4 is 0 Å². The van der Waals surface area contributed by atoms with Crippen LogP contribution in [0.25, 0.3) is 0 Å². The van der Waals surface area contributed by atoms with Gasteiger partial charge in [0.1, 0.15) is 18.5 Å². The van der Waals surface area contributed by atoms with Gasteiger partial charge in [-0.3, -0.25) is 0 Å². The summed E-state index contributed by atoms with van der Waals surface area (Å²) in [6.45, 7) is -0.345. The molecule has 0 bridgehead atoms. The van der Waals surface area contributed by atoms with Crippen LogP contribution in [0.15, 0.2) is 18.2 Å². The van der Waals surface area contributed by atoms with Crippen molar-refractivity contribution in [1.29, 1.82) is 0 Å². The van der Waals surface area contributed by atoms with Gasteiger partial charge in [0.15, 0.2) is 0 Å². The molecule has 1 unspecified atom stereocenters. The number of benzene rings is 1. The summed E-state index contributed by atoms with van der Waals surface area (Å²) in [5, 5.41) is 37.3. The van der Waals surface area contributed by atoms with Gasteiger partial charge in [0.2, 0.25) is 0 Å². The first-order valence-electron chi connectivity index (χ1n) is 6.00. The zero-order valence-corrected chi connectivity index (χ0v) is 9.99. The molecule has 3 atom stereocenters. The first kappa shape index (κ1) is 13.3. The van der Waals surface area contributed by atoms with Crippen LogP contribution in [0.2, 0.25) is 0 Å². The third-order valence-corrected chi connectivity index (χ3v) is 3.16. The molecule has 0 radical (unpaired) electrons. The van der Waals surface area contributed by atoms with Crippen LogP contribution >= 0.6 is 0 Å². The summed E-state index contributed by atoms with van der Waals surface area (Å²) in [4.78, 5) is 0. The smallest absolute Gasteiger partial charge is 0.123 e. The van der Waals surface area contributed by atoms with E-state index >= 15 is 0 Å². The van der Waals surface area contributed by atoms with E-state index in [0.717, 1.165) is 11.1 Å². The van der Waals surface area contributed by atoms with Crippen molar-refractivity contribution in [3.63, 3.8) is 0 Å². The lowest BCUT2D eigenvalue weighted by Crippen LogP contribution is -2.35. The van der Waals surface area contributed by atoms with Crippen molar-refractivity contribution in [1.82, 2.24) is 0 Å². The zero-order valence-electron chi connectivity index (χ0n) is 9.99. The van der Waals surface area contributed by atoms with Gasteiger partial charge in [0.05, 0.1) is 18.8 Å². The summed E-state index contributed by atoms with van der Waals surface area (Å²) < 4.78 is 5.44. The van der Waals surface area contributed by atoms with Gasteiger partial charge in [-0.15, -0.1) is 0 Å². The van der Waals surface area contributed by atoms with E-state index in [9.17, 15) is 15.3 Å². The lowest BCUT2D eigenvalue weighted by molar-refractivity contribution is 0.0128. The second-order valence-corrected chi connectivity index (χ2v) is 4.58. The molecule has 0 saturated heterocycles. The molecular formula is C13H18O5. The lowest BCUT2D eigenvalue weighted by Gasteiger charge is -2.27. The molecule has 0 fully saturated rings. The minimum absolute atomic E-state index is 0.00556. The fourth-order valence-electron chi connectivity index (χ4n) is 2.11. The molecule has 5 heteroatoms. The SMILES string of the molecule is OCC(O)COc1cccc2c1C[C@H](O)[C@H](O)C2. The summed E-state index contributed by atoms with van der Waals surface area (Å²) in [6.07, 6.45) is -1.71. The molecule has 1 aliphatic rings. The first-order valence-corrected chi connectivity index (χ1v) is 6.00. The highest BCUT2D eigenvalue weighted by Gasteiger charge is 2.27. The number of aliphatic hydroxyl groups excluding tert-OH is 4. The van der Waals surface area contributed by atoms with Crippen LogP contribution in [0.3, 0.4) is 0 Å². The molecule has 5 nitrogen and oxygen atoms in total. The Morgan fingerprint density at radius 2 is 1.94 bits per heavy atom. The summed E-state index contributed by atoms with van der Waals surface area (Å²) in [5.74, 6) is 0.589. The number of fused-ring (bicyclic) bond motifs is 1. The van der Waals surface area contributed by atoms with E-state index in [1.54, 1.807) is 6.07 Å². The Labute approximate surface area is 105 Å². The third kappa shape index (κ3) is 2.81. The minimum atomic E-state index is -0.917. The van der Waals surface area contributed by atoms with Crippen molar-refractivity contribution in [3.05, 3.63) is 29.3 Å². The summed E-state index contributed by atoms with van der Waals surface area (Å²) in [5.41, 5.74) is 1.81. The van der Waals surface area contributed by atoms with E-state index in [-0.39, 0.29) is 13.2 Å². The van der Waals surface area contributed by atoms with Gasteiger partial charge >= 0.3 is 0 Å². The van der Waals surface area contributed by atoms with Crippen LogP contribution in [-0.4, -0.2) is 52.0 Å². The van der Waals surface area contributed by atoms with Crippen molar-refractivity contribution in [2.24, 2.45) is 0 Å². The van der Waals surface area contributed by atoms with Crippen molar-refractivity contribution in [3.8, 4) is 5.75 Å². The molecule has 4 N–H and O–H groups in total. The Bertz CT molecular complexity index is 406. The van der Waals surface area contributed by atoms with E-state index in [1.807, 2.05) is 12.1 Å². The largest absolute Gasteiger partial charge is 0.491 e. The molecule has 0 aromatic heterocycles. The maximum Gasteiger partial charge on any atom is 0.123 e. The molecule has 1 aliphatic carbocycles. The normalized spacial score (nSPS) is 24.4. The van der Waals surface area contributed by atoms with Crippen molar-refractivity contribution < 1.29 is 25.2 Å². The molecule has 1 aromatic rings. The second-order valence-electron chi connectivity index (χ2n) is 4.58. The highest BCUT2D eigenvalue weighted by atomic mass is 16.5. The van der Waals surface area contributed by atoms with E-state index in [2.05, 4.69) is 0 Å². The van der Waals surface area contributed by atoms with E-state index in [1.165, 1.54) is 0 Å². The van der Waals surface area contributed by atoms with Crippen molar-refractivity contribution in [2.75, 3.05) is 13.2 Å². The maximum absolute atomic E-state index is 9.68. The standard InChI is InChI=1S/C13H18O5/c14-6-9(15)7-18-13-3-1-2-8-4-11(16)12(17)5-10(8)13/h1-3,9,11-12,14-17H,4-7H2/t9?,11-,12+/m1/s1. The fourth-order valence-corrected chi connectivity index (χ4v) is 2.11. The average Bonchev–Trinajstić information content (AvgIpc) is 2.37. The molecule has 0 saturated carbocycles. The molecule has 100 valence electrons. The Kier molecular flexibility index (Phi) is 4.19. The van der Waals surface area contributed by atoms with Crippen LogP contribution in [-0.2, 0) is 12.8 Å². The lowest BCUT2D eigenvalue weighted by atomic mass is 9.87. The monoisotopic (exact) mass is 254 g/mol. The van der Waals surface area contributed by atoms with Crippen molar-refractivity contribution in [2.45, 2.75) is 31.2 Å². The van der Waals surface area contributed by atoms with E-state index < -0.39 is 18.3 Å². The molecule has 0 spiro atoms. The minimum Gasteiger partial charge on any atom is -0.491 e. The summed E-state index contributed by atoms with van der Waals surface area (Å²) in [6, 6.07) is 5.46. The molecule has 0 amide bonds. The Hall–Kier alpha value is -1.14. The first-order chi connectivity index (χ1) is 8.61. The van der Waals surface area contributed by atoms with Crippen LogP contribution in [0, 0.1) is 0 Å². The predicted octanol–water partition coefficient (Wildman–Crippen LogP) is -0.761. The van der Waals surface area contributed by atoms with Crippen LogP contribution < -0.4 is 4.74 Å². The fraction of sp³-hybridized carbons (Fsp3) is 0.538. The van der Waals surface area contributed by atoms with Gasteiger partial charge in [0.25, 0.3) is 0 Å². The number of rotatable bonds is 4. The number of hydrogen-bond donors (Lipinski definition) is 4. The number of ether oxygens (including phenoxy) is 1. The van der Waals surface area contributed by atoms with Crippen LogP contribution in [0.1, 0.15) is 11.1 Å². The van der Waals surface area contributed by atoms with Gasteiger partial charge in [-0.2, -0.15) is 0 Å². The Balaban J connectivity index is 2.15. The highest BCUT2D eigenvalue weighted by molar-refractivity contribution is 5.43. The molecule has 2 rings (SSSR count). The van der Waals surface area contributed by atoms with Gasteiger partial charge in [-0.25, -0.2) is 0 Å². The number of hydrogen-bond acceptors (Lipinski definition) is 5. The predicted molar refractivity (Wildman–Crippen MR) is 64.5 cm³/mol. The van der Waals surface area contributed by atoms with Gasteiger partial charge in [0, 0.05) is 18.4 Å². The Morgan fingerprint density at radius 1 is 1.22 bits per heavy atom. The average molecular weight is 254 g/mol. The van der Waals surface area contributed by atoms with Crippen LogP contribution in [0.5, 0.6) is 5.75 Å². The summed E-state index contributed by atoms with van der Waals surface area (Å²) in [7, 11) is 0. The van der Waals surface area contributed by atoms with E-state index in [0.29, 0.717) is 18.6 Å². The topological polar surface area (TPSA) is 90.2 Å². The zero-order chi connectivity index (χ0) is 13.1. The van der Waals surface area contributed by atoms with Crippen LogP contribution in [0.4, 0.5) is 0 Å². The Morgan fingerprint density at radius 3 is 2.67 bits per heavy atom. The quantitative estimate of drug-likeness (QED) is 0.567. The third-order valence-electron chi connectivity index (χ3n) is 3.16. The second kappa shape index (κ2) is 5.67. The number of aliphatic hydroxyl groups is 4. The maximum atomic E-state index is 9.68. The molecule has 0 heterocycles. The molecular weight excluding hydrogens is 236 g/mol. The molecule has 18 heavy (non-hydrogen) atoms. The van der Waals surface area contributed by atoms with Gasteiger partial charge in [-0.05, 0) is 11.6 Å².